The van der Waals surface area contributed by atoms with Crippen LogP contribution in [0, 0.1) is 11.2 Å². The van der Waals surface area contributed by atoms with Crippen molar-refractivity contribution in [3.8, 4) is 0 Å². The maximum Gasteiger partial charge on any atom is 0.290 e. The Morgan fingerprint density at radius 1 is 1.17 bits per heavy atom. The molecule has 10 heteroatoms. The summed E-state index contributed by atoms with van der Waals surface area (Å²) < 4.78 is 13.4. The summed E-state index contributed by atoms with van der Waals surface area (Å²) in [7, 11) is 0. The molecular formula is C25H25FN6O2S. The first-order valence-corrected chi connectivity index (χ1v) is 12.3. The molecule has 2 N–H and O–H groups in total. The normalized spacial score (nSPS) is 18.9. The van der Waals surface area contributed by atoms with E-state index < -0.39 is 5.91 Å². The third-order valence-electron chi connectivity index (χ3n) is 6.41. The lowest BCUT2D eigenvalue weighted by atomic mass is 9.80. The van der Waals surface area contributed by atoms with Crippen molar-refractivity contribution in [2.45, 2.75) is 26.3 Å². The highest BCUT2D eigenvalue weighted by atomic mass is 32.2. The van der Waals surface area contributed by atoms with Crippen LogP contribution in [0.2, 0.25) is 0 Å². The van der Waals surface area contributed by atoms with E-state index >= 15 is 0 Å². The molecule has 0 bridgehead atoms. The van der Waals surface area contributed by atoms with Crippen LogP contribution in [-0.2, 0) is 11.3 Å². The Morgan fingerprint density at radius 3 is 2.77 bits per heavy atom. The molecule has 35 heavy (non-hydrogen) atoms. The van der Waals surface area contributed by atoms with Crippen LogP contribution < -0.4 is 15.5 Å². The molecule has 2 aromatic heterocycles. The van der Waals surface area contributed by atoms with Gasteiger partial charge in [0.25, 0.3) is 11.1 Å². The van der Waals surface area contributed by atoms with E-state index in [0.29, 0.717) is 23.1 Å². The highest BCUT2D eigenvalue weighted by Gasteiger charge is 2.31. The minimum Gasteiger partial charge on any atom is -0.341 e. The van der Waals surface area contributed by atoms with Crippen molar-refractivity contribution in [3.05, 3.63) is 64.7 Å². The van der Waals surface area contributed by atoms with Gasteiger partial charge in [0.05, 0.1) is 21.8 Å². The first-order chi connectivity index (χ1) is 16.9. The van der Waals surface area contributed by atoms with Gasteiger partial charge in [-0.15, -0.1) is 0 Å². The molecule has 2 fully saturated rings. The fourth-order valence-corrected chi connectivity index (χ4v) is 4.97. The van der Waals surface area contributed by atoms with E-state index in [-0.39, 0.29) is 16.5 Å². The van der Waals surface area contributed by atoms with Crippen molar-refractivity contribution < 1.29 is 14.0 Å². The fraction of sp³-hybridized carbons (Fsp3) is 0.320. The molecule has 0 spiro atoms. The van der Waals surface area contributed by atoms with E-state index in [9.17, 15) is 14.0 Å². The van der Waals surface area contributed by atoms with Gasteiger partial charge >= 0.3 is 0 Å². The topological polar surface area (TPSA) is 100 Å². The smallest absolute Gasteiger partial charge is 0.290 e. The Labute approximate surface area is 206 Å². The zero-order chi connectivity index (χ0) is 24.4. The molecule has 2 aliphatic rings. The van der Waals surface area contributed by atoms with Crippen LogP contribution in [0.4, 0.5) is 15.1 Å². The van der Waals surface area contributed by atoms with Crippen LogP contribution in [0.5, 0.6) is 0 Å². The number of imide groups is 1. The molecule has 0 saturated carbocycles. The second-order valence-electron chi connectivity index (χ2n) is 9.17. The minimum atomic E-state index is -0.394. The molecule has 180 valence electrons. The van der Waals surface area contributed by atoms with E-state index in [1.807, 2.05) is 12.1 Å². The highest BCUT2D eigenvalue weighted by molar-refractivity contribution is 8.18. The number of thioether (sulfide) groups is 1. The Morgan fingerprint density at radius 2 is 2.00 bits per heavy atom. The lowest BCUT2D eigenvalue weighted by Crippen LogP contribution is -2.44. The van der Waals surface area contributed by atoms with Crippen LogP contribution in [0.3, 0.4) is 0 Å². The van der Waals surface area contributed by atoms with Gasteiger partial charge in [0.15, 0.2) is 0 Å². The number of benzene rings is 1. The van der Waals surface area contributed by atoms with Crippen LogP contribution in [0.25, 0.3) is 17.0 Å². The van der Waals surface area contributed by atoms with E-state index in [2.05, 4.69) is 37.4 Å². The molecule has 2 saturated heterocycles. The van der Waals surface area contributed by atoms with Gasteiger partial charge in [-0.25, -0.2) is 14.4 Å². The van der Waals surface area contributed by atoms with Crippen molar-refractivity contribution in [3.63, 3.8) is 0 Å². The summed E-state index contributed by atoms with van der Waals surface area (Å²) in [6.07, 6.45) is 5.25. The van der Waals surface area contributed by atoms with Gasteiger partial charge in [-0.1, -0.05) is 13.0 Å². The number of hydrogen-bond donors (Lipinski definition) is 2. The van der Waals surface area contributed by atoms with Crippen LogP contribution in [-0.4, -0.2) is 45.7 Å². The molecule has 2 aliphatic heterocycles. The SMILES string of the molecule is CC1(CNCc2ccc3cc(F)ccc3n2)CCN(c2nccc(/C=C3/SC(=O)NC3=O)n2)CC1. The van der Waals surface area contributed by atoms with Crippen molar-refractivity contribution in [2.24, 2.45) is 5.41 Å². The highest BCUT2D eigenvalue weighted by Crippen LogP contribution is 2.32. The predicted molar refractivity (Wildman–Crippen MR) is 134 cm³/mol. The van der Waals surface area contributed by atoms with E-state index in [4.69, 9.17) is 0 Å². The van der Waals surface area contributed by atoms with E-state index in [1.165, 1.54) is 12.1 Å². The largest absolute Gasteiger partial charge is 0.341 e. The monoisotopic (exact) mass is 492 g/mol. The molecule has 1 aromatic carbocycles. The van der Waals surface area contributed by atoms with Crippen LogP contribution >= 0.6 is 11.8 Å². The molecule has 0 unspecified atom stereocenters. The van der Waals surface area contributed by atoms with E-state index in [0.717, 1.165) is 60.8 Å². The number of aromatic nitrogens is 3. The van der Waals surface area contributed by atoms with Gasteiger partial charge in [-0.3, -0.25) is 19.9 Å². The average molecular weight is 493 g/mol. The number of anilines is 1. The van der Waals surface area contributed by atoms with Gasteiger partial charge in [0.1, 0.15) is 5.82 Å². The second kappa shape index (κ2) is 9.71. The lowest BCUT2D eigenvalue weighted by Gasteiger charge is -2.39. The number of amides is 2. The summed E-state index contributed by atoms with van der Waals surface area (Å²) in [5, 5.41) is 6.22. The quantitative estimate of drug-likeness (QED) is 0.500. The molecule has 0 aliphatic carbocycles. The molecule has 3 aromatic rings. The zero-order valence-electron chi connectivity index (χ0n) is 19.3. The minimum absolute atomic E-state index is 0.134. The molecule has 4 heterocycles. The van der Waals surface area contributed by atoms with Crippen LogP contribution in [0.1, 0.15) is 31.2 Å². The predicted octanol–water partition coefficient (Wildman–Crippen LogP) is 3.88. The number of carbonyl (C=O) groups is 2. The summed E-state index contributed by atoms with van der Waals surface area (Å²) >= 11 is 0.878. The number of nitrogens with zero attached hydrogens (tertiary/aromatic N) is 4. The first-order valence-electron chi connectivity index (χ1n) is 11.5. The number of nitrogens with one attached hydrogen (secondary N) is 2. The number of hydrogen-bond acceptors (Lipinski definition) is 8. The van der Waals surface area contributed by atoms with Crippen molar-refractivity contribution in [2.75, 3.05) is 24.5 Å². The summed E-state index contributed by atoms with van der Waals surface area (Å²) in [6.45, 7) is 5.44. The standard InChI is InChI=1S/C25H25FN6O2S/c1-25(15-27-14-19-4-2-16-12-17(26)3-5-20(16)29-19)7-10-32(11-8-25)23-28-9-6-18(30-23)13-21-22(33)31-24(34)35-21/h2-6,9,12-13,27H,7-8,10-11,14-15H2,1H3,(H,31,33,34)/b21-13+. The number of carbonyl (C=O) groups excluding carboxylic acids is 2. The number of rotatable bonds is 6. The Kier molecular flexibility index (Phi) is 6.48. The molecule has 8 nitrogen and oxygen atoms in total. The molecule has 0 radical (unpaired) electrons. The third kappa shape index (κ3) is 5.49. The Bertz CT molecular complexity index is 1320. The number of piperidine rings is 1. The second-order valence-corrected chi connectivity index (χ2v) is 10.2. The van der Waals surface area contributed by atoms with Crippen LogP contribution in [0.15, 0.2) is 47.5 Å². The summed E-state index contributed by atoms with van der Waals surface area (Å²) in [4.78, 5) is 39.3. The maximum absolute atomic E-state index is 13.4. The number of fused-ring (bicyclic) bond motifs is 1. The van der Waals surface area contributed by atoms with Gasteiger partial charge in [-0.2, -0.15) is 0 Å². The summed E-state index contributed by atoms with van der Waals surface area (Å²) in [5.74, 6) is -0.0228. The first kappa shape index (κ1) is 23.4. The Hall–Kier alpha value is -3.37. The van der Waals surface area contributed by atoms with E-state index in [1.54, 1.807) is 24.4 Å². The average Bonchev–Trinajstić information content (AvgIpc) is 3.16. The van der Waals surface area contributed by atoms with Crippen molar-refractivity contribution in [1.29, 1.82) is 0 Å². The molecule has 0 atom stereocenters. The lowest BCUT2D eigenvalue weighted by molar-refractivity contribution is -0.115. The summed E-state index contributed by atoms with van der Waals surface area (Å²) in [5.41, 5.74) is 2.46. The molecule has 2 amide bonds. The van der Waals surface area contributed by atoms with Crippen molar-refractivity contribution in [1.82, 2.24) is 25.6 Å². The molecular weight excluding hydrogens is 467 g/mol. The van der Waals surface area contributed by atoms with Gasteiger partial charge in [-0.05, 0) is 66.4 Å². The van der Waals surface area contributed by atoms with Crippen molar-refractivity contribution >= 4 is 45.8 Å². The Balaban J connectivity index is 1.16. The number of halogens is 1. The number of pyridine rings is 1. The zero-order valence-corrected chi connectivity index (χ0v) is 20.1. The summed E-state index contributed by atoms with van der Waals surface area (Å²) in [6, 6.07) is 10.2. The van der Waals surface area contributed by atoms with Gasteiger partial charge < -0.3 is 10.2 Å². The molecule has 5 rings (SSSR count). The van der Waals surface area contributed by atoms with Gasteiger partial charge in [0, 0.05) is 37.8 Å². The maximum atomic E-state index is 13.4. The van der Waals surface area contributed by atoms with Gasteiger partial charge in [0.2, 0.25) is 5.95 Å². The fourth-order valence-electron chi connectivity index (χ4n) is 4.30. The third-order valence-corrected chi connectivity index (χ3v) is 7.22.